The number of esters is 1. The van der Waals surface area contributed by atoms with Gasteiger partial charge in [0.15, 0.2) is 0 Å². The third kappa shape index (κ3) is 6.46. The fraction of sp³-hybridized carbons (Fsp3) is 0.615. The van der Waals surface area contributed by atoms with Gasteiger partial charge in [0.05, 0.1) is 12.0 Å². The number of carbonyl (C=O) groups is 1. The number of nitriles is 1. The molecule has 2 aliphatic rings. The molecule has 0 spiro atoms. The molecule has 1 aromatic rings. The number of hydrogen-bond acceptors (Lipinski definition) is 3. The van der Waals surface area contributed by atoms with Crippen LogP contribution in [0.3, 0.4) is 0 Å². The molecular formula is C26H35NO2. The quantitative estimate of drug-likeness (QED) is 0.393. The lowest BCUT2D eigenvalue weighted by molar-refractivity contribution is -0.157. The lowest BCUT2D eigenvalue weighted by Crippen LogP contribution is -2.29. The molecule has 3 nitrogen and oxygen atoms in total. The molecule has 3 rings (SSSR count). The highest BCUT2D eigenvalue weighted by molar-refractivity contribution is 5.72. The van der Waals surface area contributed by atoms with Crippen LogP contribution in [-0.2, 0) is 16.0 Å². The molecule has 0 radical (unpaired) electrons. The van der Waals surface area contributed by atoms with Crippen molar-refractivity contribution in [3.05, 3.63) is 47.5 Å². The first-order valence-electron chi connectivity index (χ1n) is 11.5. The third-order valence-electron chi connectivity index (χ3n) is 6.78. The van der Waals surface area contributed by atoms with Gasteiger partial charge in [-0.25, -0.2) is 0 Å². The first-order chi connectivity index (χ1) is 14.2. The minimum absolute atomic E-state index is 0.0226. The van der Waals surface area contributed by atoms with Gasteiger partial charge in [-0.15, -0.1) is 0 Å². The van der Waals surface area contributed by atoms with E-state index in [0.29, 0.717) is 11.8 Å². The second-order valence-electron chi connectivity index (χ2n) is 8.86. The zero-order valence-corrected chi connectivity index (χ0v) is 17.8. The highest BCUT2D eigenvalue weighted by Crippen LogP contribution is 2.37. The molecule has 0 saturated heterocycles. The summed E-state index contributed by atoms with van der Waals surface area (Å²) in [5.41, 5.74) is 2.87. The first-order valence-corrected chi connectivity index (χ1v) is 11.5. The Labute approximate surface area is 176 Å². The van der Waals surface area contributed by atoms with E-state index in [1.165, 1.54) is 30.4 Å². The number of hydrogen-bond donors (Lipinski definition) is 0. The molecule has 0 aromatic heterocycles. The molecule has 3 heteroatoms. The summed E-state index contributed by atoms with van der Waals surface area (Å²) in [7, 11) is 0. The Morgan fingerprint density at radius 3 is 2.38 bits per heavy atom. The molecule has 2 saturated carbocycles. The van der Waals surface area contributed by atoms with Crippen LogP contribution in [0.15, 0.2) is 36.4 Å². The standard InChI is InChI=1S/C26H35NO2/c1-2-3-5-20-7-11-22(12-8-20)23-13-15-24(16-14-23)26(28)29-25-17-9-21(10-18-25)6-4-19-27/h4,6-8,11-12,21,23-25H,2-3,5,9-10,13-18H2,1H3/t21-,23-,24-,25-. The molecule has 0 bridgehead atoms. The van der Waals surface area contributed by atoms with Crippen molar-refractivity contribution in [3.8, 4) is 6.07 Å². The van der Waals surface area contributed by atoms with Crippen LogP contribution in [0.2, 0.25) is 0 Å². The number of nitrogens with zero attached hydrogens (tertiary/aromatic N) is 1. The van der Waals surface area contributed by atoms with Crippen molar-refractivity contribution in [3.63, 3.8) is 0 Å². The van der Waals surface area contributed by atoms with Crippen LogP contribution >= 0.6 is 0 Å². The fourth-order valence-corrected chi connectivity index (χ4v) is 4.84. The molecule has 0 aliphatic heterocycles. The first kappa shape index (κ1) is 21.6. The predicted octanol–water partition coefficient (Wildman–Crippen LogP) is 6.48. The zero-order chi connectivity index (χ0) is 20.5. The lowest BCUT2D eigenvalue weighted by atomic mass is 9.78. The van der Waals surface area contributed by atoms with Gasteiger partial charge in [-0.2, -0.15) is 5.26 Å². The Bertz CT molecular complexity index is 699. The number of benzene rings is 1. The summed E-state index contributed by atoms with van der Waals surface area (Å²) in [6.45, 7) is 2.23. The van der Waals surface area contributed by atoms with Crippen molar-refractivity contribution in [1.82, 2.24) is 0 Å². The maximum absolute atomic E-state index is 12.6. The number of unbranched alkanes of at least 4 members (excludes halogenated alkanes) is 1. The summed E-state index contributed by atoms with van der Waals surface area (Å²) >= 11 is 0. The van der Waals surface area contributed by atoms with Crippen molar-refractivity contribution in [1.29, 1.82) is 5.26 Å². The summed E-state index contributed by atoms with van der Waals surface area (Å²) in [5.74, 6) is 1.15. The average molecular weight is 394 g/mol. The van der Waals surface area contributed by atoms with Crippen molar-refractivity contribution >= 4 is 5.97 Å². The second kappa shape index (κ2) is 11.2. The lowest BCUT2D eigenvalue weighted by Gasteiger charge is -2.31. The van der Waals surface area contributed by atoms with Gasteiger partial charge in [-0.1, -0.05) is 43.7 Å². The molecule has 156 valence electrons. The number of carbonyl (C=O) groups excluding carboxylic acids is 1. The normalized spacial score (nSPS) is 27.4. The summed E-state index contributed by atoms with van der Waals surface area (Å²) in [4.78, 5) is 12.6. The Morgan fingerprint density at radius 1 is 1.07 bits per heavy atom. The van der Waals surface area contributed by atoms with Crippen LogP contribution in [0.5, 0.6) is 0 Å². The Hall–Kier alpha value is -2.08. The maximum atomic E-state index is 12.6. The predicted molar refractivity (Wildman–Crippen MR) is 116 cm³/mol. The Morgan fingerprint density at radius 2 is 1.76 bits per heavy atom. The number of aryl methyl sites for hydroxylation is 1. The maximum Gasteiger partial charge on any atom is 0.309 e. The van der Waals surface area contributed by atoms with Gasteiger partial charge < -0.3 is 4.74 Å². The minimum Gasteiger partial charge on any atom is -0.462 e. The molecule has 0 atom stereocenters. The molecule has 29 heavy (non-hydrogen) atoms. The summed E-state index contributed by atoms with van der Waals surface area (Å²) in [6, 6.07) is 11.2. The van der Waals surface area contributed by atoms with E-state index in [2.05, 4.69) is 37.3 Å². The molecular weight excluding hydrogens is 358 g/mol. The van der Waals surface area contributed by atoms with Crippen LogP contribution in [-0.4, -0.2) is 12.1 Å². The summed E-state index contributed by atoms with van der Waals surface area (Å²) in [6.07, 6.45) is 15.2. The van der Waals surface area contributed by atoms with Crippen molar-refractivity contribution in [2.75, 3.05) is 0 Å². The molecule has 0 amide bonds. The highest BCUT2D eigenvalue weighted by atomic mass is 16.5. The van der Waals surface area contributed by atoms with E-state index >= 15 is 0 Å². The van der Waals surface area contributed by atoms with E-state index in [1.807, 2.05) is 6.08 Å². The molecule has 1 aromatic carbocycles. The molecule has 2 aliphatic carbocycles. The van der Waals surface area contributed by atoms with Gasteiger partial charge in [-0.05, 0) is 87.2 Å². The van der Waals surface area contributed by atoms with Crippen LogP contribution in [0, 0.1) is 23.2 Å². The molecule has 2 fully saturated rings. The van der Waals surface area contributed by atoms with Gasteiger partial charge in [0, 0.05) is 6.08 Å². The Kier molecular flexibility index (Phi) is 8.35. The molecule has 0 heterocycles. The number of allylic oxidation sites excluding steroid dienone is 2. The molecule has 0 unspecified atom stereocenters. The SMILES string of the molecule is CCCCc1ccc([C@H]2CC[C@H](C(=O)O[C@H]3CC[C@H](C=CC#N)CC3)CC2)cc1. The smallest absolute Gasteiger partial charge is 0.309 e. The third-order valence-corrected chi connectivity index (χ3v) is 6.78. The van der Waals surface area contributed by atoms with E-state index in [4.69, 9.17) is 10.00 Å². The van der Waals surface area contributed by atoms with Crippen LogP contribution in [0.25, 0.3) is 0 Å². The zero-order valence-electron chi connectivity index (χ0n) is 17.8. The van der Waals surface area contributed by atoms with E-state index in [0.717, 1.165) is 51.4 Å². The Balaban J connectivity index is 1.40. The minimum atomic E-state index is 0.0226. The van der Waals surface area contributed by atoms with Crippen LogP contribution in [0.1, 0.15) is 88.2 Å². The van der Waals surface area contributed by atoms with Gasteiger partial charge >= 0.3 is 5.97 Å². The van der Waals surface area contributed by atoms with Crippen molar-refractivity contribution in [2.45, 2.75) is 89.6 Å². The van der Waals surface area contributed by atoms with E-state index in [9.17, 15) is 4.79 Å². The van der Waals surface area contributed by atoms with Gasteiger partial charge in [0.25, 0.3) is 0 Å². The average Bonchev–Trinajstić information content (AvgIpc) is 2.77. The topological polar surface area (TPSA) is 50.1 Å². The second-order valence-corrected chi connectivity index (χ2v) is 8.86. The number of rotatable bonds is 7. The summed E-state index contributed by atoms with van der Waals surface area (Å²) < 4.78 is 5.85. The fourth-order valence-electron chi connectivity index (χ4n) is 4.84. The monoisotopic (exact) mass is 393 g/mol. The van der Waals surface area contributed by atoms with Crippen LogP contribution in [0.4, 0.5) is 0 Å². The van der Waals surface area contributed by atoms with E-state index in [1.54, 1.807) is 6.08 Å². The van der Waals surface area contributed by atoms with E-state index < -0.39 is 0 Å². The van der Waals surface area contributed by atoms with Gasteiger partial charge in [0.2, 0.25) is 0 Å². The van der Waals surface area contributed by atoms with Crippen LogP contribution < -0.4 is 0 Å². The van der Waals surface area contributed by atoms with E-state index in [-0.39, 0.29) is 18.0 Å². The summed E-state index contributed by atoms with van der Waals surface area (Å²) in [5, 5.41) is 8.64. The van der Waals surface area contributed by atoms with Crippen molar-refractivity contribution in [2.24, 2.45) is 11.8 Å². The van der Waals surface area contributed by atoms with Gasteiger partial charge in [0.1, 0.15) is 6.10 Å². The van der Waals surface area contributed by atoms with Gasteiger partial charge in [-0.3, -0.25) is 4.79 Å². The van der Waals surface area contributed by atoms with Crippen molar-refractivity contribution < 1.29 is 9.53 Å². The molecule has 0 N–H and O–H groups in total. The highest BCUT2D eigenvalue weighted by Gasteiger charge is 2.30. The number of ether oxygens (including phenoxy) is 1. The largest absolute Gasteiger partial charge is 0.462 e.